The fourth-order valence-corrected chi connectivity index (χ4v) is 3.15. The molecule has 1 aromatic heterocycles. The van der Waals surface area contributed by atoms with Crippen molar-refractivity contribution in [2.45, 2.75) is 13.0 Å². The van der Waals surface area contributed by atoms with E-state index in [4.69, 9.17) is 4.74 Å². The third-order valence-electron chi connectivity index (χ3n) is 4.80. The lowest BCUT2D eigenvalue weighted by atomic mass is 10.1. The van der Waals surface area contributed by atoms with Gasteiger partial charge < -0.3 is 10.1 Å². The van der Waals surface area contributed by atoms with Crippen molar-refractivity contribution in [2.24, 2.45) is 0 Å². The molecule has 6 nitrogen and oxygen atoms in total. The molecule has 0 unspecified atom stereocenters. The van der Waals surface area contributed by atoms with Crippen molar-refractivity contribution in [3.05, 3.63) is 118 Å². The minimum absolute atomic E-state index is 0.00334. The van der Waals surface area contributed by atoms with Crippen LogP contribution in [0.2, 0.25) is 0 Å². The Balaban J connectivity index is 1.52. The van der Waals surface area contributed by atoms with Gasteiger partial charge in [0.15, 0.2) is 0 Å². The number of ether oxygens (including phenoxy) is 1. The van der Waals surface area contributed by atoms with Gasteiger partial charge in [0, 0.05) is 6.07 Å². The van der Waals surface area contributed by atoms with Gasteiger partial charge in [-0.15, -0.1) is 0 Å². The summed E-state index contributed by atoms with van der Waals surface area (Å²) in [5.41, 5.74) is 0.266. The van der Waals surface area contributed by atoms with Crippen LogP contribution < -0.4 is 15.6 Å². The van der Waals surface area contributed by atoms with Gasteiger partial charge in [-0.25, -0.2) is 4.39 Å². The van der Waals surface area contributed by atoms with Gasteiger partial charge in [0.25, 0.3) is 11.5 Å². The Hall–Kier alpha value is -4.26. The highest BCUT2D eigenvalue weighted by Crippen LogP contribution is 2.24. The Morgan fingerprint density at radius 3 is 2.44 bits per heavy atom. The van der Waals surface area contributed by atoms with Gasteiger partial charge in [-0.05, 0) is 55.0 Å². The third kappa shape index (κ3) is 4.73. The molecule has 4 rings (SSSR count). The molecule has 0 aliphatic heterocycles. The number of benzene rings is 3. The lowest BCUT2D eigenvalue weighted by Gasteiger charge is -2.16. The van der Waals surface area contributed by atoms with E-state index in [9.17, 15) is 14.0 Å². The van der Waals surface area contributed by atoms with Crippen LogP contribution in [0.5, 0.6) is 11.5 Å². The Bertz CT molecular complexity index is 1310. The van der Waals surface area contributed by atoms with Gasteiger partial charge >= 0.3 is 0 Å². The average molecular weight is 429 g/mol. The van der Waals surface area contributed by atoms with Gasteiger partial charge in [0.1, 0.15) is 28.7 Å². The fraction of sp³-hybridized carbons (Fsp3) is 0.0800. The highest BCUT2D eigenvalue weighted by atomic mass is 19.1. The molecule has 1 N–H and O–H groups in total. The van der Waals surface area contributed by atoms with E-state index in [0.29, 0.717) is 11.5 Å². The summed E-state index contributed by atoms with van der Waals surface area (Å²) in [6.07, 6.45) is 0. The van der Waals surface area contributed by atoms with Crippen molar-refractivity contribution >= 4 is 5.91 Å². The minimum atomic E-state index is -0.608. The van der Waals surface area contributed by atoms with Crippen LogP contribution in [0.4, 0.5) is 4.39 Å². The highest BCUT2D eigenvalue weighted by molar-refractivity contribution is 5.92. The monoisotopic (exact) mass is 429 g/mol. The number of hydrogen-bond donors (Lipinski definition) is 1. The second kappa shape index (κ2) is 9.26. The first-order chi connectivity index (χ1) is 15.5. The number of halogens is 1. The number of para-hydroxylation sites is 2. The predicted molar refractivity (Wildman–Crippen MR) is 119 cm³/mol. The molecule has 0 radical (unpaired) electrons. The van der Waals surface area contributed by atoms with E-state index >= 15 is 0 Å². The van der Waals surface area contributed by atoms with Gasteiger partial charge in [-0.1, -0.05) is 42.5 Å². The maximum Gasteiger partial charge on any atom is 0.272 e. The van der Waals surface area contributed by atoms with Crippen LogP contribution in [0.15, 0.2) is 95.8 Å². The molecule has 0 saturated heterocycles. The molecule has 3 aromatic carbocycles. The van der Waals surface area contributed by atoms with Crippen molar-refractivity contribution in [3.8, 4) is 17.2 Å². The topological polar surface area (TPSA) is 73.2 Å². The summed E-state index contributed by atoms with van der Waals surface area (Å²) >= 11 is 0. The molecular weight excluding hydrogens is 409 g/mol. The molecule has 1 atom stereocenters. The standard InChI is InChI=1S/C25H20FN3O3/c1-17(18-8-7-11-20(16-18)32-19-9-3-2-4-10-19)27-25(31)22-14-15-24(30)29(28-22)23-13-6-5-12-21(23)26/h2-17H,1H3,(H,27,31)/t17-/m1/s1. The first-order valence-corrected chi connectivity index (χ1v) is 10.0. The Morgan fingerprint density at radius 1 is 0.938 bits per heavy atom. The molecule has 0 aliphatic rings. The van der Waals surface area contributed by atoms with Gasteiger partial charge in [0.2, 0.25) is 0 Å². The molecule has 0 bridgehead atoms. The number of carbonyl (C=O) groups excluding carboxylic acids is 1. The fourth-order valence-electron chi connectivity index (χ4n) is 3.15. The number of nitrogens with one attached hydrogen (secondary N) is 1. The highest BCUT2D eigenvalue weighted by Gasteiger charge is 2.16. The lowest BCUT2D eigenvalue weighted by Crippen LogP contribution is -2.31. The maximum absolute atomic E-state index is 14.1. The van der Waals surface area contributed by atoms with E-state index in [1.807, 2.05) is 61.5 Å². The van der Waals surface area contributed by atoms with Crippen molar-refractivity contribution in [1.82, 2.24) is 15.1 Å². The minimum Gasteiger partial charge on any atom is -0.457 e. The molecule has 1 amide bonds. The zero-order valence-corrected chi connectivity index (χ0v) is 17.2. The van der Waals surface area contributed by atoms with E-state index in [1.54, 1.807) is 6.07 Å². The molecule has 0 saturated carbocycles. The number of aromatic nitrogens is 2. The first-order valence-electron chi connectivity index (χ1n) is 10.0. The summed E-state index contributed by atoms with van der Waals surface area (Å²) in [7, 11) is 0. The van der Waals surface area contributed by atoms with Gasteiger partial charge in [0.05, 0.1) is 6.04 Å². The number of rotatable bonds is 6. The number of amides is 1. The summed E-state index contributed by atoms with van der Waals surface area (Å²) < 4.78 is 20.8. The van der Waals surface area contributed by atoms with Gasteiger partial charge in [-0.3, -0.25) is 9.59 Å². The number of carbonyl (C=O) groups is 1. The molecular formula is C25H20FN3O3. The molecule has 0 aliphatic carbocycles. The van der Waals surface area contributed by atoms with Crippen LogP contribution in [-0.2, 0) is 0 Å². The number of nitrogens with zero attached hydrogens (tertiary/aromatic N) is 2. The van der Waals surface area contributed by atoms with Crippen LogP contribution in [0.3, 0.4) is 0 Å². The Labute approximate surface area is 183 Å². The van der Waals surface area contributed by atoms with Crippen molar-refractivity contribution in [1.29, 1.82) is 0 Å². The predicted octanol–water partition coefficient (Wildman–Crippen LogP) is 4.65. The molecule has 32 heavy (non-hydrogen) atoms. The molecule has 1 heterocycles. The largest absolute Gasteiger partial charge is 0.457 e. The normalized spacial score (nSPS) is 11.6. The zero-order chi connectivity index (χ0) is 22.5. The third-order valence-corrected chi connectivity index (χ3v) is 4.80. The first kappa shape index (κ1) is 21.0. The number of hydrogen-bond acceptors (Lipinski definition) is 4. The van der Waals surface area contributed by atoms with Crippen molar-refractivity contribution in [2.75, 3.05) is 0 Å². The lowest BCUT2D eigenvalue weighted by molar-refractivity contribution is 0.0933. The summed E-state index contributed by atoms with van der Waals surface area (Å²) in [4.78, 5) is 24.9. The van der Waals surface area contributed by atoms with Crippen LogP contribution in [0.1, 0.15) is 29.0 Å². The molecule has 0 fully saturated rings. The summed E-state index contributed by atoms with van der Waals surface area (Å²) in [6, 6.07) is 24.7. The second-order valence-electron chi connectivity index (χ2n) is 7.10. The van der Waals surface area contributed by atoms with E-state index in [0.717, 1.165) is 10.2 Å². The van der Waals surface area contributed by atoms with Gasteiger partial charge in [-0.2, -0.15) is 9.78 Å². The molecule has 4 aromatic rings. The van der Waals surface area contributed by atoms with Crippen LogP contribution in [-0.4, -0.2) is 15.7 Å². The molecule has 7 heteroatoms. The van der Waals surface area contributed by atoms with Crippen LogP contribution >= 0.6 is 0 Å². The SMILES string of the molecule is C[C@@H](NC(=O)c1ccc(=O)n(-c2ccccc2F)n1)c1cccc(Oc2ccccc2)c1. The van der Waals surface area contributed by atoms with Crippen LogP contribution in [0.25, 0.3) is 5.69 Å². The van der Waals surface area contributed by atoms with Crippen LogP contribution in [0, 0.1) is 5.82 Å². The average Bonchev–Trinajstić information content (AvgIpc) is 2.81. The zero-order valence-electron chi connectivity index (χ0n) is 17.2. The summed E-state index contributed by atoms with van der Waals surface area (Å²) in [5, 5.41) is 6.90. The van der Waals surface area contributed by atoms with E-state index in [1.165, 1.54) is 30.3 Å². The Morgan fingerprint density at radius 2 is 1.66 bits per heavy atom. The molecule has 160 valence electrons. The summed E-state index contributed by atoms with van der Waals surface area (Å²) in [5.74, 6) is 0.252. The second-order valence-corrected chi connectivity index (χ2v) is 7.10. The Kier molecular flexibility index (Phi) is 6.07. The summed E-state index contributed by atoms with van der Waals surface area (Å²) in [6.45, 7) is 1.83. The van der Waals surface area contributed by atoms with E-state index in [-0.39, 0.29) is 17.4 Å². The van der Waals surface area contributed by atoms with Crippen molar-refractivity contribution < 1.29 is 13.9 Å². The maximum atomic E-state index is 14.1. The van der Waals surface area contributed by atoms with Crippen molar-refractivity contribution in [3.63, 3.8) is 0 Å². The smallest absolute Gasteiger partial charge is 0.272 e. The van der Waals surface area contributed by atoms with E-state index in [2.05, 4.69) is 10.4 Å². The molecule has 0 spiro atoms. The van der Waals surface area contributed by atoms with E-state index < -0.39 is 17.3 Å². The quantitative estimate of drug-likeness (QED) is 0.484.